The summed E-state index contributed by atoms with van der Waals surface area (Å²) >= 11 is 0. The van der Waals surface area contributed by atoms with E-state index < -0.39 is 0 Å². The number of nitrogens with one attached hydrogen (secondary N) is 3. The van der Waals surface area contributed by atoms with Crippen molar-refractivity contribution >= 4 is 11.7 Å². The Morgan fingerprint density at radius 2 is 2.14 bits per heavy atom. The van der Waals surface area contributed by atoms with Crippen molar-refractivity contribution in [3.63, 3.8) is 0 Å². The van der Waals surface area contributed by atoms with E-state index in [2.05, 4.69) is 15.8 Å². The highest BCUT2D eigenvalue weighted by atomic mass is 16.7. The molecule has 0 amide bonds. The highest BCUT2D eigenvalue weighted by molar-refractivity contribution is 5.99. The second-order valence-corrected chi connectivity index (χ2v) is 7.53. The number of ether oxygens (including phenoxy) is 2. The number of rotatable bonds is 5. The van der Waals surface area contributed by atoms with E-state index in [1.165, 1.54) is 0 Å². The zero-order valence-corrected chi connectivity index (χ0v) is 17.0. The van der Waals surface area contributed by atoms with Gasteiger partial charge in [0, 0.05) is 51.2 Å². The van der Waals surface area contributed by atoms with E-state index in [1.54, 1.807) is 20.1 Å². The number of amidine groups is 2. The minimum atomic E-state index is -0.000920. The molecule has 0 spiro atoms. The van der Waals surface area contributed by atoms with Crippen molar-refractivity contribution in [2.75, 3.05) is 33.4 Å². The number of aliphatic imine (C=N–C) groups is 1. The lowest BCUT2D eigenvalue weighted by Gasteiger charge is -2.41. The minimum absolute atomic E-state index is 0.000920. The van der Waals surface area contributed by atoms with E-state index in [1.807, 2.05) is 11.8 Å². The van der Waals surface area contributed by atoms with Crippen LogP contribution in [-0.4, -0.2) is 68.2 Å². The molecule has 0 bridgehead atoms. The SMILES string of the molecule is COC1CN(C(=N)C(/C=C(/C)N)=C2\N=C(C)NO2)CCC1NC1CCOCC1. The first-order valence-electron chi connectivity index (χ1n) is 9.84. The summed E-state index contributed by atoms with van der Waals surface area (Å²) in [7, 11) is 1.73. The largest absolute Gasteiger partial charge is 0.402 e. The second-order valence-electron chi connectivity index (χ2n) is 7.53. The lowest BCUT2D eigenvalue weighted by molar-refractivity contribution is 0.0111. The summed E-state index contributed by atoms with van der Waals surface area (Å²) in [6.45, 7) is 6.60. The third-order valence-electron chi connectivity index (χ3n) is 5.27. The number of piperidine rings is 1. The predicted octanol–water partition coefficient (Wildman–Crippen LogP) is 0.849. The van der Waals surface area contributed by atoms with Gasteiger partial charge in [0.2, 0.25) is 0 Å². The number of hydroxylamine groups is 1. The molecule has 0 radical (unpaired) electrons. The van der Waals surface area contributed by atoms with Crippen molar-refractivity contribution in [3.05, 3.63) is 23.2 Å². The van der Waals surface area contributed by atoms with E-state index in [9.17, 15) is 0 Å². The molecular weight excluding hydrogens is 360 g/mol. The van der Waals surface area contributed by atoms with E-state index >= 15 is 0 Å². The van der Waals surface area contributed by atoms with Crippen LogP contribution in [0.2, 0.25) is 0 Å². The Bertz CT molecular complexity index is 665. The van der Waals surface area contributed by atoms with Crippen molar-refractivity contribution in [1.29, 1.82) is 5.41 Å². The zero-order valence-electron chi connectivity index (χ0n) is 17.0. The fraction of sp³-hybridized carbons (Fsp3) is 0.684. The maximum atomic E-state index is 8.75. The molecule has 9 nitrogen and oxygen atoms in total. The molecule has 0 saturated carbocycles. The van der Waals surface area contributed by atoms with E-state index in [-0.39, 0.29) is 12.1 Å². The van der Waals surface area contributed by atoms with Crippen LogP contribution in [0.1, 0.15) is 33.1 Å². The van der Waals surface area contributed by atoms with Crippen molar-refractivity contribution < 1.29 is 14.3 Å². The number of hydrogen-bond donors (Lipinski definition) is 4. The Morgan fingerprint density at radius 3 is 2.75 bits per heavy atom. The van der Waals surface area contributed by atoms with Gasteiger partial charge in [0.05, 0.1) is 11.7 Å². The zero-order chi connectivity index (χ0) is 20.1. The normalized spacial score (nSPS) is 28.5. The van der Waals surface area contributed by atoms with Crippen LogP contribution in [0.5, 0.6) is 0 Å². The Morgan fingerprint density at radius 1 is 1.39 bits per heavy atom. The predicted molar refractivity (Wildman–Crippen MR) is 108 cm³/mol. The first-order valence-corrected chi connectivity index (χ1v) is 9.84. The van der Waals surface area contributed by atoms with Gasteiger partial charge in [-0.25, -0.2) is 5.48 Å². The summed E-state index contributed by atoms with van der Waals surface area (Å²) in [5.41, 5.74) is 9.76. The first kappa shape index (κ1) is 20.6. The Balaban J connectivity index is 1.69. The summed E-state index contributed by atoms with van der Waals surface area (Å²) in [5, 5.41) is 12.5. The number of hydrogen-bond acceptors (Lipinski definition) is 8. The molecule has 3 heterocycles. The van der Waals surface area contributed by atoms with Crippen LogP contribution in [0, 0.1) is 5.41 Å². The van der Waals surface area contributed by atoms with Gasteiger partial charge in [0.15, 0.2) is 0 Å². The van der Waals surface area contributed by atoms with Gasteiger partial charge in [-0.05, 0) is 39.2 Å². The summed E-state index contributed by atoms with van der Waals surface area (Å²) < 4.78 is 11.2. The Kier molecular flexibility index (Phi) is 6.93. The molecule has 9 heteroatoms. The van der Waals surface area contributed by atoms with Crippen LogP contribution in [0.15, 0.2) is 28.2 Å². The minimum Gasteiger partial charge on any atom is -0.402 e. The number of likely N-dealkylation sites (tertiary alicyclic amines) is 1. The quantitative estimate of drug-likeness (QED) is 0.405. The molecule has 0 aliphatic carbocycles. The summed E-state index contributed by atoms with van der Waals surface area (Å²) in [4.78, 5) is 11.8. The molecular formula is C19H32N6O3. The first-order chi connectivity index (χ1) is 13.5. The summed E-state index contributed by atoms with van der Waals surface area (Å²) in [5.74, 6) is 1.35. The van der Waals surface area contributed by atoms with Gasteiger partial charge < -0.3 is 30.3 Å². The lowest BCUT2D eigenvalue weighted by Crippen LogP contribution is -2.57. The molecule has 2 unspecified atom stereocenters. The molecule has 2 saturated heterocycles. The van der Waals surface area contributed by atoms with Crippen molar-refractivity contribution in [1.82, 2.24) is 15.7 Å². The highest BCUT2D eigenvalue weighted by Gasteiger charge is 2.33. The maximum Gasteiger partial charge on any atom is 0.258 e. The van der Waals surface area contributed by atoms with Crippen LogP contribution in [0.4, 0.5) is 0 Å². The van der Waals surface area contributed by atoms with E-state index in [0.717, 1.165) is 39.0 Å². The molecule has 0 aromatic carbocycles. The van der Waals surface area contributed by atoms with Crippen LogP contribution >= 0.6 is 0 Å². The number of methoxy groups -OCH3 is 1. The average molecular weight is 393 g/mol. The van der Waals surface area contributed by atoms with Gasteiger partial charge in [0.1, 0.15) is 11.7 Å². The van der Waals surface area contributed by atoms with E-state index in [0.29, 0.717) is 41.4 Å². The highest BCUT2D eigenvalue weighted by Crippen LogP contribution is 2.22. The van der Waals surface area contributed by atoms with Crippen molar-refractivity contribution in [2.24, 2.45) is 10.7 Å². The van der Waals surface area contributed by atoms with Crippen LogP contribution in [-0.2, 0) is 14.3 Å². The van der Waals surface area contributed by atoms with Crippen LogP contribution in [0.3, 0.4) is 0 Å². The molecule has 28 heavy (non-hydrogen) atoms. The third-order valence-corrected chi connectivity index (χ3v) is 5.27. The smallest absolute Gasteiger partial charge is 0.258 e. The molecule has 3 aliphatic heterocycles. The Labute approximate surface area is 166 Å². The Hall–Kier alpha value is -2.10. The standard InChI is InChI=1S/C19H32N6O3/c1-12(20)10-15(19-22-13(2)24-28-19)18(21)25-7-4-16(17(11-25)26-3)23-14-5-8-27-9-6-14/h10,14,16-17,21,23H,4-9,11,20H2,1-3H3,(H,22,24)/b12-10-,19-15+,21-18?. The molecule has 156 valence electrons. The molecule has 3 rings (SSSR count). The van der Waals surface area contributed by atoms with Gasteiger partial charge in [-0.15, -0.1) is 0 Å². The monoisotopic (exact) mass is 392 g/mol. The van der Waals surface area contributed by atoms with Crippen molar-refractivity contribution in [2.45, 2.75) is 51.3 Å². The summed E-state index contributed by atoms with van der Waals surface area (Å²) in [6, 6.07) is 0.739. The van der Waals surface area contributed by atoms with Gasteiger partial charge in [-0.1, -0.05) is 0 Å². The fourth-order valence-corrected chi connectivity index (χ4v) is 3.78. The maximum absolute atomic E-state index is 8.75. The fourth-order valence-electron chi connectivity index (χ4n) is 3.78. The van der Waals surface area contributed by atoms with Gasteiger partial charge in [0.25, 0.3) is 5.88 Å². The van der Waals surface area contributed by atoms with Crippen LogP contribution in [0.25, 0.3) is 0 Å². The third kappa shape index (κ3) is 5.03. The lowest BCUT2D eigenvalue weighted by atomic mass is 9.97. The average Bonchev–Trinajstić information content (AvgIpc) is 3.12. The summed E-state index contributed by atoms with van der Waals surface area (Å²) in [6.07, 6.45) is 4.69. The van der Waals surface area contributed by atoms with Crippen molar-refractivity contribution in [3.8, 4) is 0 Å². The van der Waals surface area contributed by atoms with E-state index in [4.69, 9.17) is 25.5 Å². The number of nitrogens with zero attached hydrogens (tertiary/aromatic N) is 2. The number of allylic oxidation sites excluding steroid dienone is 1. The molecule has 5 N–H and O–H groups in total. The van der Waals surface area contributed by atoms with Crippen LogP contribution < -0.4 is 16.5 Å². The molecule has 0 aromatic rings. The molecule has 2 atom stereocenters. The van der Waals surface area contributed by atoms with Gasteiger partial charge in [-0.3, -0.25) is 5.41 Å². The number of nitrogens with two attached hydrogens (primary N) is 1. The van der Waals surface area contributed by atoms with Gasteiger partial charge in [-0.2, -0.15) is 4.99 Å². The molecule has 3 aliphatic rings. The second kappa shape index (κ2) is 9.40. The topological polar surface area (TPSA) is 117 Å². The molecule has 2 fully saturated rings. The van der Waals surface area contributed by atoms with Gasteiger partial charge >= 0.3 is 0 Å². The molecule has 0 aromatic heterocycles.